The number of nitrogens with one attached hydrogen (secondary N) is 1. The average molecular weight is 626 g/mol. The topological polar surface area (TPSA) is 96.0 Å². The summed E-state index contributed by atoms with van der Waals surface area (Å²) in [6, 6.07) is 19.4. The van der Waals surface area contributed by atoms with Crippen molar-refractivity contribution in [2.24, 2.45) is 0 Å². The van der Waals surface area contributed by atoms with E-state index in [4.69, 9.17) is 16.3 Å². The molecule has 43 heavy (non-hydrogen) atoms. The Morgan fingerprint density at radius 2 is 1.70 bits per heavy atom. The minimum Gasteiger partial charge on any atom is -0.492 e. The van der Waals surface area contributed by atoms with Crippen molar-refractivity contribution in [1.29, 1.82) is 0 Å². The minimum absolute atomic E-state index is 0.0238. The summed E-state index contributed by atoms with van der Waals surface area (Å²) in [7, 11) is -4.24. The lowest BCUT2D eigenvalue weighted by Crippen LogP contribution is -2.53. The second-order valence-electron chi connectivity index (χ2n) is 10.9. The summed E-state index contributed by atoms with van der Waals surface area (Å²) in [5.41, 5.74) is 2.08. The maximum Gasteiger partial charge on any atom is 0.264 e. The smallest absolute Gasteiger partial charge is 0.264 e. The molecule has 10 heteroatoms. The second-order valence-corrected chi connectivity index (χ2v) is 13.2. The molecule has 1 aliphatic carbocycles. The van der Waals surface area contributed by atoms with Crippen LogP contribution in [-0.4, -0.2) is 50.4 Å². The third-order valence-corrected chi connectivity index (χ3v) is 9.69. The van der Waals surface area contributed by atoms with E-state index in [0.717, 1.165) is 47.5 Å². The zero-order valence-corrected chi connectivity index (χ0v) is 26.5. The van der Waals surface area contributed by atoms with Crippen LogP contribution in [0.1, 0.15) is 57.1 Å². The van der Waals surface area contributed by atoms with Gasteiger partial charge in [-0.25, -0.2) is 8.42 Å². The number of carbonyl (C=O) groups is 2. The molecular formula is C33H40ClN3O5S. The third-order valence-electron chi connectivity index (χ3n) is 7.67. The number of ether oxygens (including phenoxy) is 1. The van der Waals surface area contributed by atoms with Crippen molar-refractivity contribution in [3.05, 3.63) is 88.9 Å². The Morgan fingerprint density at radius 1 is 1.00 bits per heavy atom. The van der Waals surface area contributed by atoms with Crippen molar-refractivity contribution in [1.82, 2.24) is 10.2 Å². The van der Waals surface area contributed by atoms with Crippen LogP contribution in [0.3, 0.4) is 0 Å². The molecule has 3 aromatic carbocycles. The number of benzene rings is 3. The van der Waals surface area contributed by atoms with E-state index in [1.807, 2.05) is 31.2 Å². The van der Waals surface area contributed by atoms with Gasteiger partial charge in [0.25, 0.3) is 10.0 Å². The van der Waals surface area contributed by atoms with E-state index >= 15 is 0 Å². The van der Waals surface area contributed by atoms with Gasteiger partial charge in [0.05, 0.1) is 17.2 Å². The van der Waals surface area contributed by atoms with Crippen LogP contribution in [-0.2, 0) is 26.2 Å². The molecule has 0 saturated heterocycles. The summed E-state index contributed by atoms with van der Waals surface area (Å²) >= 11 is 6.05. The van der Waals surface area contributed by atoms with Crippen molar-refractivity contribution in [2.45, 2.75) is 76.4 Å². The lowest BCUT2D eigenvalue weighted by atomic mass is 9.95. The Labute approximate surface area is 260 Å². The first-order chi connectivity index (χ1) is 20.6. The van der Waals surface area contributed by atoms with Gasteiger partial charge in [0.2, 0.25) is 11.8 Å². The number of nitrogens with zero attached hydrogens (tertiary/aromatic N) is 2. The van der Waals surface area contributed by atoms with Gasteiger partial charge < -0.3 is 15.0 Å². The predicted molar refractivity (Wildman–Crippen MR) is 170 cm³/mol. The quantitative estimate of drug-likeness (QED) is 0.262. The maximum absolute atomic E-state index is 14.2. The molecular weight excluding hydrogens is 586 g/mol. The minimum atomic E-state index is -4.24. The summed E-state index contributed by atoms with van der Waals surface area (Å²) in [5.74, 6) is -0.449. The highest BCUT2D eigenvalue weighted by molar-refractivity contribution is 7.92. The number of aryl methyl sites for hydroxylation is 1. The van der Waals surface area contributed by atoms with Gasteiger partial charge in [0, 0.05) is 17.6 Å². The summed E-state index contributed by atoms with van der Waals surface area (Å²) in [5, 5.41) is 3.51. The number of anilines is 1. The average Bonchev–Trinajstić information content (AvgIpc) is 2.99. The molecule has 4 rings (SSSR count). The normalized spacial score (nSPS) is 14.5. The molecule has 0 unspecified atom stereocenters. The second kappa shape index (κ2) is 14.8. The number of amides is 2. The molecule has 1 fully saturated rings. The molecule has 0 aromatic heterocycles. The van der Waals surface area contributed by atoms with Gasteiger partial charge in [-0.15, -0.1) is 0 Å². The Bertz CT molecular complexity index is 1510. The van der Waals surface area contributed by atoms with Gasteiger partial charge >= 0.3 is 0 Å². The monoisotopic (exact) mass is 625 g/mol. The molecule has 8 nitrogen and oxygen atoms in total. The Morgan fingerprint density at radius 3 is 2.37 bits per heavy atom. The summed E-state index contributed by atoms with van der Waals surface area (Å²) in [4.78, 5) is 29.2. The molecule has 1 N–H and O–H groups in total. The number of para-hydroxylation sites is 2. The SMILES string of the molecule is CCOc1ccccc1N(CC(=O)N(Cc1cccc(C)c1)[C@@H](C)C(=O)NC1CCCCC1)S(=O)(=O)c1ccc(Cl)cc1. The van der Waals surface area contributed by atoms with Crippen LogP contribution < -0.4 is 14.4 Å². The van der Waals surface area contributed by atoms with E-state index in [1.165, 1.54) is 29.2 Å². The van der Waals surface area contributed by atoms with Crippen LogP contribution in [0.25, 0.3) is 0 Å². The van der Waals surface area contributed by atoms with Crippen LogP contribution in [0.4, 0.5) is 5.69 Å². The molecule has 0 aliphatic heterocycles. The van der Waals surface area contributed by atoms with Crippen LogP contribution >= 0.6 is 11.6 Å². The van der Waals surface area contributed by atoms with Crippen LogP contribution in [0.2, 0.25) is 5.02 Å². The van der Waals surface area contributed by atoms with Gasteiger partial charge in [-0.05, 0) is 75.6 Å². The Balaban J connectivity index is 1.72. The fourth-order valence-corrected chi connectivity index (χ4v) is 6.90. The number of hydrogen-bond acceptors (Lipinski definition) is 5. The van der Waals surface area contributed by atoms with Crippen molar-refractivity contribution in [3.8, 4) is 5.75 Å². The van der Waals surface area contributed by atoms with Crippen LogP contribution in [0, 0.1) is 6.92 Å². The first-order valence-corrected chi connectivity index (χ1v) is 16.6. The predicted octanol–water partition coefficient (Wildman–Crippen LogP) is 6.11. The van der Waals surface area contributed by atoms with Crippen LogP contribution in [0.5, 0.6) is 5.75 Å². The van der Waals surface area contributed by atoms with Crippen molar-refractivity contribution < 1.29 is 22.7 Å². The van der Waals surface area contributed by atoms with Crippen molar-refractivity contribution >= 4 is 39.1 Å². The van der Waals surface area contributed by atoms with Gasteiger partial charge in [-0.1, -0.05) is 72.8 Å². The van der Waals surface area contributed by atoms with Crippen LogP contribution in [0.15, 0.2) is 77.7 Å². The number of carbonyl (C=O) groups excluding carboxylic acids is 2. The van der Waals surface area contributed by atoms with E-state index in [0.29, 0.717) is 17.4 Å². The first kappa shape index (κ1) is 32.4. The molecule has 230 valence electrons. The van der Waals surface area contributed by atoms with Crippen molar-refractivity contribution in [3.63, 3.8) is 0 Å². The van der Waals surface area contributed by atoms with Crippen molar-refractivity contribution in [2.75, 3.05) is 17.5 Å². The number of hydrogen-bond donors (Lipinski definition) is 1. The first-order valence-electron chi connectivity index (χ1n) is 14.8. The standard InChI is InChI=1S/C33H40ClN3O5S/c1-4-42-31-16-9-8-15-30(31)37(43(40,41)29-19-17-27(34)18-20-29)23-32(38)36(22-26-12-10-11-24(2)21-26)25(3)33(39)35-28-13-6-5-7-14-28/h8-12,15-21,25,28H,4-7,13-14,22-23H2,1-3H3,(H,35,39)/t25-/m0/s1. The zero-order valence-electron chi connectivity index (χ0n) is 25.0. The Hall–Kier alpha value is -3.56. The largest absolute Gasteiger partial charge is 0.492 e. The van der Waals surface area contributed by atoms with Gasteiger partial charge in [0.15, 0.2) is 0 Å². The number of sulfonamides is 1. The highest BCUT2D eigenvalue weighted by atomic mass is 35.5. The van der Waals surface area contributed by atoms with E-state index < -0.39 is 28.5 Å². The molecule has 1 aliphatic rings. The van der Waals surface area contributed by atoms with Gasteiger partial charge in [-0.2, -0.15) is 0 Å². The third kappa shape index (κ3) is 8.30. The Kier molecular flexibility index (Phi) is 11.1. The lowest BCUT2D eigenvalue weighted by molar-refractivity contribution is -0.139. The summed E-state index contributed by atoms with van der Waals surface area (Å²) in [6.07, 6.45) is 5.09. The molecule has 0 bridgehead atoms. The number of halogens is 1. The fraction of sp³-hybridized carbons (Fsp3) is 0.394. The molecule has 0 heterocycles. The molecule has 2 amide bonds. The summed E-state index contributed by atoms with van der Waals surface area (Å²) in [6.45, 7) is 5.36. The molecule has 0 radical (unpaired) electrons. The zero-order chi connectivity index (χ0) is 31.0. The highest BCUT2D eigenvalue weighted by Crippen LogP contribution is 2.33. The molecule has 0 spiro atoms. The molecule has 3 aromatic rings. The summed E-state index contributed by atoms with van der Waals surface area (Å²) < 4.78 is 35.0. The fourth-order valence-electron chi connectivity index (χ4n) is 5.35. The lowest BCUT2D eigenvalue weighted by Gasteiger charge is -2.33. The van der Waals surface area contributed by atoms with E-state index in [9.17, 15) is 18.0 Å². The van der Waals surface area contributed by atoms with E-state index in [1.54, 1.807) is 38.1 Å². The highest BCUT2D eigenvalue weighted by Gasteiger charge is 2.34. The van der Waals surface area contributed by atoms with E-state index in [2.05, 4.69) is 5.32 Å². The number of rotatable bonds is 12. The maximum atomic E-state index is 14.2. The van der Waals surface area contributed by atoms with Gasteiger partial charge in [-0.3, -0.25) is 13.9 Å². The van der Waals surface area contributed by atoms with Gasteiger partial charge in [0.1, 0.15) is 18.3 Å². The molecule has 1 atom stereocenters. The molecule has 1 saturated carbocycles. The van der Waals surface area contributed by atoms with E-state index in [-0.39, 0.29) is 29.1 Å².